The third-order valence-corrected chi connectivity index (χ3v) is 4.01. The van der Waals surface area contributed by atoms with Crippen LogP contribution >= 0.6 is 23.2 Å². The van der Waals surface area contributed by atoms with Crippen LogP contribution in [0.3, 0.4) is 0 Å². The van der Waals surface area contributed by atoms with E-state index in [9.17, 15) is 4.39 Å². The van der Waals surface area contributed by atoms with Crippen LogP contribution in [0.15, 0.2) is 12.1 Å². The standard InChI is InChI=1S/C12H14Cl2FNO/c13-8-1-2-9(15)10(11(8)14)12(16)7-3-5-17-6-4-7/h1-2,7,12H,3-6,16H2/t12-/m0/s1. The zero-order chi connectivity index (χ0) is 12.4. The molecule has 2 rings (SSSR count). The van der Waals surface area contributed by atoms with E-state index in [4.69, 9.17) is 33.7 Å². The van der Waals surface area contributed by atoms with Crippen LogP contribution in [0.2, 0.25) is 10.0 Å². The molecule has 2 N–H and O–H groups in total. The fourth-order valence-electron chi connectivity index (χ4n) is 2.16. The van der Waals surface area contributed by atoms with Crippen LogP contribution < -0.4 is 5.73 Å². The molecular weight excluding hydrogens is 264 g/mol. The van der Waals surface area contributed by atoms with Crippen molar-refractivity contribution in [2.24, 2.45) is 11.7 Å². The maximum atomic E-state index is 13.8. The lowest BCUT2D eigenvalue weighted by atomic mass is 9.87. The molecular formula is C12H14Cl2FNO. The quantitative estimate of drug-likeness (QED) is 0.839. The smallest absolute Gasteiger partial charge is 0.129 e. The van der Waals surface area contributed by atoms with Crippen LogP contribution in [0.5, 0.6) is 0 Å². The molecule has 1 fully saturated rings. The van der Waals surface area contributed by atoms with Gasteiger partial charge in [-0.3, -0.25) is 0 Å². The van der Waals surface area contributed by atoms with Gasteiger partial charge in [0, 0.05) is 24.8 Å². The van der Waals surface area contributed by atoms with Crippen molar-refractivity contribution in [2.45, 2.75) is 18.9 Å². The van der Waals surface area contributed by atoms with Gasteiger partial charge in [-0.2, -0.15) is 0 Å². The molecule has 1 aliphatic heterocycles. The van der Waals surface area contributed by atoms with Gasteiger partial charge >= 0.3 is 0 Å². The average Bonchev–Trinajstić information content (AvgIpc) is 2.35. The summed E-state index contributed by atoms with van der Waals surface area (Å²) in [5.74, 6) is -0.201. The summed E-state index contributed by atoms with van der Waals surface area (Å²) in [6.45, 7) is 1.33. The number of hydrogen-bond acceptors (Lipinski definition) is 2. The highest BCUT2D eigenvalue weighted by Gasteiger charge is 2.27. The first kappa shape index (κ1) is 13.1. The van der Waals surface area contributed by atoms with E-state index in [-0.39, 0.29) is 10.9 Å². The van der Waals surface area contributed by atoms with Crippen molar-refractivity contribution in [2.75, 3.05) is 13.2 Å². The first-order valence-corrected chi connectivity index (χ1v) is 6.33. The Labute approximate surface area is 110 Å². The molecule has 1 aromatic rings. The van der Waals surface area contributed by atoms with Gasteiger partial charge in [-0.1, -0.05) is 23.2 Å². The number of halogens is 3. The van der Waals surface area contributed by atoms with Gasteiger partial charge in [0.2, 0.25) is 0 Å². The predicted octanol–water partition coefficient (Wildman–Crippen LogP) is 3.56. The Kier molecular flexibility index (Phi) is 4.26. The van der Waals surface area contributed by atoms with Gasteiger partial charge in [0.15, 0.2) is 0 Å². The number of ether oxygens (including phenoxy) is 1. The summed E-state index contributed by atoms with van der Waals surface area (Å²) in [6, 6.07) is 2.33. The van der Waals surface area contributed by atoms with Crippen molar-refractivity contribution >= 4 is 23.2 Å². The highest BCUT2D eigenvalue weighted by atomic mass is 35.5. The molecule has 1 atom stereocenters. The Morgan fingerprint density at radius 1 is 1.29 bits per heavy atom. The average molecular weight is 278 g/mol. The molecule has 17 heavy (non-hydrogen) atoms. The molecule has 1 aliphatic rings. The molecule has 1 saturated heterocycles. The molecule has 0 aromatic heterocycles. The minimum Gasteiger partial charge on any atom is -0.381 e. The van der Waals surface area contributed by atoms with Crippen LogP contribution in [0, 0.1) is 11.7 Å². The zero-order valence-corrected chi connectivity index (χ0v) is 10.8. The van der Waals surface area contributed by atoms with Gasteiger partial charge < -0.3 is 10.5 Å². The normalized spacial score (nSPS) is 19.3. The summed E-state index contributed by atoms with van der Waals surface area (Å²) >= 11 is 11.9. The van der Waals surface area contributed by atoms with E-state index < -0.39 is 11.9 Å². The van der Waals surface area contributed by atoms with Crippen molar-refractivity contribution in [1.29, 1.82) is 0 Å². The SMILES string of the molecule is N[C@H](c1c(F)ccc(Cl)c1Cl)C1CCOCC1. The van der Waals surface area contributed by atoms with E-state index in [1.165, 1.54) is 12.1 Å². The molecule has 0 spiro atoms. The fraction of sp³-hybridized carbons (Fsp3) is 0.500. The summed E-state index contributed by atoms with van der Waals surface area (Å²) in [4.78, 5) is 0. The van der Waals surface area contributed by atoms with E-state index in [0.717, 1.165) is 12.8 Å². The summed E-state index contributed by atoms with van der Waals surface area (Å²) in [5.41, 5.74) is 6.43. The van der Waals surface area contributed by atoms with Crippen LogP contribution in [0.1, 0.15) is 24.4 Å². The first-order chi connectivity index (χ1) is 8.11. The number of benzene rings is 1. The van der Waals surface area contributed by atoms with Crippen molar-refractivity contribution < 1.29 is 9.13 Å². The van der Waals surface area contributed by atoms with Crippen LogP contribution in [-0.4, -0.2) is 13.2 Å². The second-order valence-corrected chi connectivity index (χ2v) is 5.02. The largest absolute Gasteiger partial charge is 0.381 e. The molecule has 5 heteroatoms. The summed E-state index contributed by atoms with van der Waals surface area (Å²) in [6.07, 6.45) is 1.65. The predicted molar refractivity (Wildman–Crippen MR) is 66.9 cm³/mol. The van der Waals surface area contributed by atoms with E-state index >= 15 is 0 Å². The Hall–Kier alpha value is -0.350. The highest BCUT2D eigenvalue weighted by Crippen LogP contribution is 2.36. The molecule has 0 bridgehead atoms. The molecule has 0 saturated carbocycles. The van der Waals surface area contributed by atoms with Gasteiger partial charge in [-0.25, -0.2) is 4.39 Å². The summed E-state index contributed by atoms with van der Waals surface area (Å²) in [5, 5.41) is 0.566. The summed E-state index contributed by atoms with van der Waals surface area (Å²) in [7, 11) is 0. The lowest BCUT2D eigenvalue weighted by Gasteiger charge is -2.28. The van der Waals surface area contributed by atoms with Gasteiger partial charge in [0.25, 0.3) is 0 Å². The molecule has 0 amide bonds. The third kappa shape index (κ3) is 2.74. The Morgan fingerprint density at radius 2 is 1.94 bits per heavy atom. The van der Waals surface area contributed by atoms with Crippen LogP contribution in [0.4, 0.5) is 4.39 Å². The number of nitrogens with two attached hydrogens (primary N) is 1. The number of hydrogen-bond donors (Lipinski definition) is 1. The van der Waals surface area contributed by atoms with Gasteiger partial charge in [-0.05, 0) is 30.9 Å². The van der Waals surface area contributed by atoms with Crippen LogP contribution in [-0.2, 0) is 4.74 Å². The van der Waals surface area contributed by atoms with E-state index in [1.807, 2.05) is 0 Å². The first-order valence-electron chi connectivity index (χ1n) is 5.58. The molecule has 1 aromatic carbocycles. The molecule has 0 unspecified atom stereocenters. The van der Waals surface area contributed by atoms with Gasteiger partial charge in [0.1, 0.15) is 5.82 Å². The molecule has 2 nitrogen and oxygen atoms in total. The van der Waals surface area contributed by atoms with Gasteiger partial charge in [0.05, 0.1) is 10.0 Å². The molecule has 0 aliphatic carbocycles. The van der Waals surface area contributed by atoms with E-state index in [2.05, 4.69) is 0 Å². The minimum absolute atomic E-state index is 0.189. The van der Waals surface area contributed by atoms with Gasteiger partial charge in [-0.15, -0.1) is 0 Å². The fourth-order valence-corrected chi connectivity index (χ4v) is 2.60. The maximum Gasteiger partial charge on any atom is 0.129 e. The lowest BCUT2D eigenvalue weighted by Crippen LogP contribution is -2.28. The third-order valence-electron chi connectivity index (χ3n) is 3.19. The van der Waals surface area contributed by atoms with E-state index in [1.54, 1.807) is 0 Å². The summed E-state index contributed by atoms with van der Waals surface area (Å²) < 4.78 is 19.0. The second-order valence-electron chi connectivity index (χ2n) is 4.23. The van der Waals surface area contributed by atoms with Crippen LogP contribution in [0.25, 0.3) is 0 Å². The lowest BCUT2D eigenvalue weighted by molar-refractivity contribution is 0.0580. The Morgan fingerprint density at radius 3 is 2.59 bits per heavy atom. The van der Waals surface area contributed by atoms with Crippen molar-refractivity contribution in [1.82, 2.24) is 0 Å². The molecule has 94 valence electrons. The van der Waals surface area contributed by atoms with Crippen molar-refractivity contribution in [3.05, 3.63) is 33.6 Å². The second kappa shape index (κ2) is 5.53. The maximum absolute atomic E-state index is 13.8. The molecule has 0 radical (unpaired) electrons. The Bertz CT molecular complexity index is 408. The monoisotopic (exact) mass is 277 g/mol. The van der Waals surface area contributed by atoms with Crippen molar-refractivity contribution in [3.63, 3.8) is 0 Å². The van der Waals surface area contributed by atoms with Crippen molar-refractivity contribution in [3.8, 4) is 0 Å². The minimum atomic E-state index is -0.426. The highest BCUT2D eigenvalue weighted by molar-refractivity contribution is 6.42. The topological polar surface area (TPSA) is 35.2 Å². The Balaban J connectivity index is 2.29. The zero-order valence-electron chi connectivity index (χ0n) is 9.26. The number of rotatable bonds is 2. The molecule has 1 heterocycles. The van der Waals surface area contributed by atoms with E-state index in [0.29, 0.717) is 23.8 Å².